The fraction of sp³-hybridized carbons (Fsp3) is 0.500. The van der Waals surface area contributed by atoms with E-state index in [0.717, 1.165) is 0 Å². The van der Waals surface area contributed by atoms with E-state index in [2.05, 4.69) is 5.32 Å². The van der Waals surface area contributed by atoms with Crippen molar-refractivity contribution in [3.05, 3.63) is 28.8 Å². The molecule has 0 bridgehead atoms. The molecular formula is C16H22ClNO5. The Bertz CT molecular complexity index is 547. The second-order valence-electron chi connectivity index (χ2n) is 5.26. The van der Waals surface area contributed by atoms with E-state index in [0.29, 0.717) is 24.3 Å². The predicted octanol–water partition coefficient (Wildman–Crippen LogP) is 2.80. The molecule has 1 unspecified atom stereocenters. The largest absolute Gasteiger partial charge is 0.495 e. The highest BCUT2D eigenvalue weighted by Crippen LogP contribution is 2.27. The van der Waals surface area contributed by atoms with Crippen LogP contribution in [0.3, 0.4) is 0 Å². The molecule has 0 saturated carbocycles. The van der Waals surface area contributed by atoms with Gasteiger partial charge in [-0.1, -0.05) is 17.7 Å². The van der Waals surface area contributed by atoms with Crippen molar-refractivity contribution in [3.63, 3.8) is 0 Å². The van der Waals surface area contributed by atoms with E-state index in [1.807, 2.05) is 13.8 Å². The summed E-state index contributed by atoms with van der Waals surface area (Å²) in [5.74, 6) is -1.06. The van der Waals surface area contributed by atoms with E-state index in [1.54, 1.807) is 12.1 Å². The number of carbonyl (C=O) groups excluding carboxylic acids is 1. The molecule has 128 valence electrons. The Balaban J connectivity index is 2.66. The zero-order valence-electron chi connectivity index (χ0n) is 13.5. The van der Waals surface area contributed by atoms with Crippen LogP contribution in [0, 0.1) is 0 Å². The van der Waals surface area contributed by atoms with Gasteiger partial charge in [-0.25, -0.2) is 4.79 Å². The van der Waals surface area contributed by atoms with Crippen molar-refractivity contribution in [1.29, 1.82) is 0 Å². The minimum Gasteiger partial charge on any atom is -0.495 e. The number of hydrogen-bond acceptors (Lipinski definition) is 4. The summed E-state index contributed by atoms with van der Waals surface area (Å²) in [7, 11) is 1.47. The van der Waals surface area contributed by atoms with Crippen molar-refractivity contribution >= 4 is 23.5 Å². The summed E-state index contributed by atoms with van der Waals surface area (Å²) < 4.78 is 10.4. The van der Waals surface area contributed by atoms with Gasteiger partial charge in [0.25, 0.3) is 0 Å². The summed E-state index contributed by atoms with van der Waals surface area (Å²) in [6, 6.07) is 3.44. The number of hydrogen-bond donors (Lipinski definition) is 2. The number of benzene rings is 1. The monoisotopic (exact) mass is 343 g/mol. The minimum atomic E-state index is -1.16. The third-order valence-corrected chi connectivity index (χ3v) is 3.36. The topological polar surface area (TPSA) is 84.9 Å². The van der Waals surface area contributed by atoms with Gasteiger partial charge in [-0.2, -0.15) is 0 Å². The molecule has 0 heterocycles. The number of ether oxygens (including phenoxy) is 2. The smallest absolute Gasteiger partial charge is 0.330 e. The average Bonchev–Trinajstić information content (AvgIpc) is 2.48. The van der Waals surface area contributed by atoms with Crippen molar-refractivity contribution < 1.29 is 24.2 Å². The van der Waals surface area contributed by atoms with E-state index in [1.165, 1.54) is 13.2 Å². The number of nitrogens with one attached hydrogen (secondary N) is 1. The highest BCUT2D eigenvalue weighted by molar-refractivity contribution is 6.32. The van der Waals surface area contributed by atoms with Crippen molar-refractivity contribution in [3.8, 4) is 5.75 Å². The van der Waals surface area contributed by atoms with Gasteiger partial charge < -0.3 is 19.9 Å². The summed E-state index contributed by atoms with van der Waals surface area (Å²) in [5.41, 5.74) is 0.384. The normalized spacial score (nSPS) is 12.0. The third-order valence-electron chi connectivity index (χ3n) is 3.06. The second-order valence-corrected chi connectivity index (χ2v) is 5.66. The lowest BCUT2D eigenvalue weighted by atomic mass is 10.1. The van der Waals surface area contributed by atoms with Crippen LogP contribution in [-0.4, -0.2) is 36.8 Å². The fourth-order valence-corrected chi connectivity index (χ4v) is 2.20. The van der Waals surface area contributed by atoms with Crippen molar-refractivity contribution in [2.75, 3.05) is 13.7 Å². The molecule has 0 saturated heterocycles. The fourth-order valence-electron chi connectivity index (χ4n) is 1.93. The van der Waals surface area contributed by atoms with Crippen molar-refractivity contribution in [1.82, 2.24) is 5.32 Å². The summed E-state index contributed by atoms with van der Waals surface area (Å²) in [6.45, 7) is 4.28. The van der Waals surface area contributed by atoms with Crippen LogP contribution in [0.5, 0.6) is 5.75 Å². The number of halogens is 1. The molecule has 1 amide bonds. The van der Waals surface area contributed by atoms with E-state index in [4.69, 9.17) is 21.1 Å². The lowest BCUT2D eigenvalue weighted by Crippen LogP contribution is -2.33. The molecule has 0 aliphatic rings. The first kappa shape index (κ1) is 19.3. The highest BCUT2D eigenvalue weighted by atomic mass is 35.5. The van der Waals surface area contributed by atoms with Crippen LogP contribution in [0.25, 0.3) is 0 Å². The Morgan fingerprint density at radius 2 is 2.04 bits per heavy atom. The Kier molecular flexibility index (Phi) is 7.85. The second kappa shape index (κ2) is 9.37. The molecular weight excluding hydrogens is 322 g/mol. The standard InChI is InChI=1S/C16H22ClNO5/c1-10(2)23-8-4-5-14(19)18-15(16(20)21)11-6-7-13(22-3)12(17)9-11/h6-7,9-10,15H,4-5,8H2,1-3H3,(H,18,19)(H,20,21). The van der Waals surface area contributed by atoms with Gasteiger partial charge in [0.2, 0.25) is 5.91 Å². The zero-order chi connectivity index (χ0) is 17.4. The minimum absolute atomic E-state index is 0.103. The molecule has 2 N–H and O–H groups in total. The predicted molar refractivity (Wildman–Crippen MR) is 86.8 cm³/mol. The van der Waals surface area contributed by atoms with Crippen LogP contribution in [0.4, 0.5) is 0 Å². The van der Waals surface area contributed by atoms with E-state index in [-0.39, 0.29) is 23.5 Å². The van der Waals surface area contributed by atoms with Crippen LogP contribution in [0.15, 0.2) is 18.2 Å². The molecule has 0 spiro atoms. The molecule has 1 rings (SSSR count). The quantitative estimate of drug-likeness (QED) is 0.673. The molecule has 1 atom stereocenters. The molecule has 6 nitrogen and oxygen atoms in total. The van der Waals surface area contributed by atoms with Gasteiger partial charge in [0.15, 0.2) is 6.04 Å². The summed E-state index contributed by atoms with van der Waals surface area (Å²) >= 11 is 6.00. The van der Waals surface area contributed by atoms with Gasteiger partial charge in [0.05, 0.1) is 18.2 Å². The zero-order valence-corrected chi connectivity index (χ0v) is 14.2. The van der Waals surface area contributed by atoms with Crippen LogP contribution in [-0.2, 0) is 14.3 Å². The first-order valence-electron chi connectivity index (χ1n) is 7.32. The van der Waals surface area contributed by atoms with E-state index >= 15 is 0 Å². The van der Waals surface area contributed by atoms with Crippen LogP contribution < -0.4 is 10.1 Å². The molecule has 7 heteroatoms. The highest BCUT2D eigenvalue weighted by Gasteiger charge is 2.22. The molecule has 0 aliphatic carbocycles. The molecule has 0 fully saturated rings. The van der Waals surface area contributed by atoms with Gasteiger partial charge in [-0.05, 0) is 38.0 Å². The molecule has 23 heavy (non-hydrogen) atoms. The SMILES string of the molecule is COc1ccc(C(NC(=O)CCCOC(C)C)C(=O)O)cc1Cl. The average molecular weight is 344 g/mol. The van der Waals surface area contributed by atoms with Gasteiger partial charge >= 0.3 is 5.97 Å². The summed E-state index contributed by atoms with van der Waals surface area (Å²) in [5, 5.41) is 12.1. The van der Waals surface area contributed by atoms with Crippen LogP contribution >= 0.6 is 11.6 Å². The van der Waals surface area contributed by atoms with Crippen molar-refractivity contribution in [2.45, 2.75) is 38.8 Å². The lowest BCUT2D eigenvalue weighted by molar-refractivity contribution is -0.142. The molecule has 0 aromatic heterocycles. The number of methoxy groups -OCH3 is 1. The van der Waals surface area contributed by atoms with Crippen LogP contribution in [0.1, 0.15) is 38.3 Å². The van der Waals surface area contributed by atoms with Crippen molar-refractivity contribution in [2.24, 2.45) is 0 Å². The van der Waals surface area contributed by atoms with Gasteiger partial charge in [-0.15, -0.1) is 0 Å². The maximum absolute atomic E-state index is 11.9. The maximum atomic E-state index is 11.9. The number of rotatable bonds is 9. The molecule has 0 aliphatic heterocycles. The number of amides is 1. The van der Waals surface area contributed by atoms with Gasteiger partial charge in [0, 0.05) is 13.0 Å². The lowest BCUT2D eigenvalue weighted by Gasteiger charge is -2.16. The number of aliphatic carboxylic acids is 1. The number of carbonyl (C=O) groups is 2. The Labute approximate surface area is 140 Å². The Morgan fingerprint density at radius 1 is 1.35 bits per heavy atom. The molecule has 1 aromatic rings. The van der Waals surface area contributed by atoms with Gasteiger partial charge in [0.1, 0.15) is 5.75 Å². The molecule has 1 aromatic carbocycles. The number of carboxylic acids is 1. The summed E-state index contributed by atoms with van der Waals surface area (Å²) in [6.07, 6.45) is 0.825. The molecule has 0 radical (unpaired) electrons. The van der Waals surface area contributed by atoms with E-state index < -0.39 is 12.0 Å². The maximum Gasteiger partial charge on any atom is 0.330 e. The van der Waals surface area contributed by atoms with E-state index in [9.17, 15) is 14.7 Å². The first-order valence-corrected chi connectivity index (χ1v) is 7.70. The first-order chi connectivity index (χ1) is 10.8. The number of carboxylic acid groups (broad SMARTS) is 1. The summed E-state index contributed by atoms with van der Waals surface area (Å²) in [4.78, 5) is 23.3. The Hall–Kier alpha value is -1.79. The van der Waals surface area contributed by atoms with Crippen LogP contribution in [0.2, 0.25) is 5.02 Å². The third kappa shape index (κ3) is 6.46. The van der Waals surface area contributed by atoms with Gasteiger partial charge in [-0.3, -0.25) is 4.79 Å². The Morgan fingerprint density at radius 3 is 2.57 bits per heavy atom.